The molecule has 0 radical (unpaired) electrons. The van der Waals surface area contributed by atoms with E-state index >= 15 is 0 Å². The first-order chi connectivity index (χ1) is 2.64. The van der Waals surface area contributed by atoms with Crippen molar-refractivity contribution in [3.05, 3.63) is 0 Å². The summed E-state index contributed by atoms with van der Waals surface area (Å²) in [4.78, 5) is 9.45. The van der Waals surface area contributed by atoms with Gasteiger partial charge in [0.15, 0.2) is 0 Å². The molecule has 0 aromatic heterocycles. The van der Waals surface area contributed by atoms with Crippen LogP contribution in [0.3, 0.4) is 0 Å². The second kappa shape index (κ2) is 8.31. The van der Waals surface area contributed by atoms with Gasteiger partial charge in [-0.15, -0.1) is 0 Å². The number of rotatable bonds is 1. The van der Waals surface area contributed by atoms with Gasteiger partial charge in [-0.05, 0) is 6.92 Å². The van der Waals surface area contributed by atoms with Crippen molar-refractivity contribution in [1.29, 1.82) is 0 Å². The van der Waals surface area contributed by atoms with Crippen molar-refractivity contribution in [2.24, 2.45) is 0 Å². The van der Waals surface area contributed by atoms with Gasteiger partial charge in [-0.3, -0.25) is 0 Å². The molecule has 5 heteroatoms. The molecule has 1 atom stereocenters. The molecule has 0 amide bonds. The van der Waals surface area contributed by atoms with Crippen LogP contribution in [0.15, 0.2) is 0 Å². The average molecular weight is 205 g/mol. The Morgan fingerprint density at radius 3 is 1.75 bits per heavy atom. The molecule has 0 heterocycles. The summed E-state index contributed by atoms with van der Waals surface area (Å²) in [5.41, 5.74) is 0. The second-order valence-corrected chi connectivity index (χ2v) is 1.01. The van der Waals surface area contributed by atoms with Gasteiger partial charge in [-0.25, -0.2) is 4.79 Å². The number of carbonyl (C=O) groups is 1. The monoisotopic (exact) mass is 204 g/mol. The van der Waals surface area contributed by atoms with E-state index in [0.717, 1.165) is 0 Å². The molecule has 0 aromatic carbocycles. The van der Waals surface area contributed by atoms with Crippen molar-refractivity contribution in [3.8, 4) is 0 Å². The quantitative estimate of drug-likeness (QED) is 0.529. The van der Waals surface area contributed by atoms with Gasteiger partial charge in [-0.2, -0.15) is 0 Å². The molecule has 8 heavy (non-hydrogen) atoms. The topological polar surface area (TPSA) is 57.5 Å². The summed E-state index contributed by atoms with van der Waals surface area (Å²) in [7, 11) is 0. The van der Waals surface area contributed by atoms with Crippen LogP contribution in [0.4, 0.5) is 0 Å². The van der Waals surface area contributed by atoms with E-state index in [2.05, 4.69) is 0 Å². The Hall–Kier alpha value is 1.31. The third-order valence-corrected chi connectivity index (χ3v) is 0.357. The van der Waals surface area contributed by atoms with E-state index in [1.165, 1.54) is 6.92 Å². The van der Waals surface area contributed by atoms with Gasteiger partial charge in [-0.1, -0.05) is 0 Å². The number of aliphatic hydroxyl groups excluding tert-OH is 1. The zero-order chi connectivity index (χ0) is 5.15. The van der Waals surface area contributed by atoms with Crippen LogP contribution in [0.2, 0.25) is 0 Å². The molecule has 0 aliphatic carbocycles. The van der Waals surface area contributed by atoms with Crippen LogP contribution in [0.25, 0.3) is 0 Å². The summed E-state index contributed by atoms with van der Waals surface area (Å²) in [6.45, 7) is 1.20. The molecule has 3 nitrogen and oxygen atoms in total. The Bertz CT molecular complexity index is 65.5. The van der Waals surface area contributed by atoms with Crippen LogP contribution in [0.1, 0.15) is 6.92 Å². The summed E-state index contributed by atoms with van der Waals surface area (Å²) in [6, 6.07) is 0. The second-order valence-electron chi connectivity index (χ2n) is 1.01. The predicted octanol–water partition coefficient (Wildman–Crippen LogP) is -1.20. The molecular weight excluding hydrogens is 198 g/mol. The minimum atomic E-state index is -1.23. The van der Waals surface area contributed by atoms with Crippen molar-refractivity contribution in [2.45, 2.75) is 13.0 Å². The van der Waals surface area contributed by atoms with Gasteiger partial charge in [0, 0.05) is 26.2 Å². The van der Waals surface area contributed by atoms with Crippen molar-refractivity contribution >= 4 is 35.5 Å². The van der Waals surface area contributed by atoms with Crippen molar-refractivity contribution in [3.63, 3.8) is 0 Å². The maximum atomic E-state index is 9.45. The van der Waals surface area contributed by atoms with Gasteiger partial charge >= 0.3 is 35.5 Å². The summed E-state index contributed by atoms with van der Waals surface area (Å²) in [5, 5.41) is 15.8. The van der Waals surface area contributed by atoms with Crippen LogP contribution < -0.4 is 0 Å². The smallest absolute Gasteiger partial charge is 0 e. The van der Waals surface area contributed by atoms with Crippen LogP contribution >= 0.6 is 0 Å². The Kier molecular flexibility index (Phi) is 16.8. The first-order valence-corrected chi connectivity index (χ1v) is 1.55. The van der Waals surface area contributed by atoms with Crippen LogP contribution in [0, 0.1) is 0 Å². The van der Waals surface area contributed by atoms with Gasteiger partial charge in [0.1, 0.15) is 6.10 Å². The number of hydrogen-bond donors (Lipinski definition) is 2. The van der Waals surface area contributed by atoms with E-state index < -0.39 is 12.1 Å². The van der Waals surface area contributed by atoms with Crippen molar-refractivity contribution < 1.29 is 41.2 Å². The van der Waals surface area contributed by atoms with E-state index in [4.69, 9.17) is 10.2 Å². The van der Waals surface area contributed by atoms with Crippen molar-refractivity contribution in [1.82, 2.24) is 0 Å². The number of hydrogen-bond acceptors (Lipinski definition) is 2. The summed E-state index contributed by atoms with van der Waals surface area (Å²) >= 11 is 0. The Labute approximate surface area is 88.9 Å². The van der Waals surface area contributed by atoms with Crippen LogP contribution in [0.5, 0.6) is 0 Å². The van der Waals surface area contributed by atoms with E-state index in [1.54, 1.807) is 0 Å². The molecule has 0 aliphatic heterocycles. The molecular formula is C3H7NaO3Zr. The number of aliphatic carboxylic acids is 1. The van der Waals surface area contributed by atoms with Gasteiger partial charge in [0.2, 0.25) is 0 Å². The van der Waals surface area contributed by atoms with Crippen molar-refractivity contribution in [2.75, 3.05) is 0 Å². The third kappa shape index (κ3) is 10.3. The summed E-state index contributed by atoms with van der Waals surface area (Å²) < 4.78 is 0. The van der Waals surface area contributed by atoms with E-state index in [-0.39, 0.29) is 55.8 Å². The minimum Gasteiger partial charge on any atom is 0 e. The fourth-order valence-corrected chi connectivity index (χ4v) is 0. The molecule has 0 aliphatic rings. The Morgan fingerprint density at radius 1 is 1.62 bits per heavy atom. The fraction of sp³-hybridized carbons (Fsp3) is 0.667. The molecule has 0 fully saturated rings. The number of carboxylic acids is 1. The SMILES string of the molecule is CC(O)C(=O)O.[NaH].[Zr]. The molecule has 0 aromatic rings. The van der Waals surface area contributed by atoms with Gasteiger partial charge in [0.25, 0.3) is 0 Å². The first-order valence-electron chi connectivity index (χ1n) is 1.55. The standard InChI is InChI=1S/C3H6O3.Na.Zr.H/c1-2(4)3(5)6;;;/h2,4H,1H3,(H,5,6);;;. The molecule has 0 saturated heterocycles. The van der Waals surface area contributed by atoms with Gasteiger partial charge < -0.3 is 10.2 Å². The minimum absolute atomic E-state index is 0. The first kappa shape index (κ1) is 16.1. The van der Waals surface area contributed by atoms with E-state index in [9.17, 15) is 4.79 Å². The molecule has 0 rings (SSSR count). The zero-order valence-corrected chi connectivity index (χ0v) is 6.34. The maximum Gasteiger partial charge on any atom is 0 e. The summed E-state index contributed by atoms with van der Waals surface area (Å²) in [6.07, 6.45) is -1.23. The molecule has 0 saturated carbocycles. The summed E-state index contributed by atoms with van der Waals surface area (Å²) in [5.74, 6) is -1.19. The molecule has 0 spiro atoms. The van der Waals surface area contributed by atoms with Crippen LogP contribution in [-0.4, -0.2) is 51.8 Å². The molecule has 0 bridgehead atoms. The molecule has 2 N–H and O–H groups in total. The zero-order valence-electron chi connectivity index (χ0n) is 3.88. The van der Waals surface area contributed by atoms with Gasteiger partial charge in [0.05, 0.1) is 0 Å². The Balaban J connectivity index is -0.000000125. The van der Waals surface area contributed by atoms with E-state index in [1.807, 2.05) is 0 Å². The normalized spacial score (nSPS) is 10.2. The predicted molar refractivity (Wildman–Crippen MR) is 26.5 cm³/mol. The largest absolute Gasteiger partial charge is 0 e. The number of carboxylic acid groups (broad SMARTS) is 1. The third-order valence-electron chi connectivity index (χ3n) is 0.357. The molecule has 42 valence electrons. The fourth-order valence-electron chi connectivity index (χ4n) is 0. The van der Waals surface area contributed by atoms with Crippen LogP contribution in [-0.2, 0) is 31.0 Å². The maximum absolute atomic E-state index is 9.45. The number of aliphatic hydroxyl groups is 1. The average Bonchev–Trinajstić information content (AvgIpc) is 1.36. The molecule has 1 unspecified atom stereocenters. The Morgan fingerprint density at radius 2 is 1.75 bits per heavy atom. The van der Waals surface area contributed by atoms with E-state index in [0.29, 0.717) is 0 Å².